The van der Waals surface area contributed by atoms with Crippen LogP contribution in [-0.2, 0) is 27.9 Å². The highest BCUT2D eigenvalue weighted by Crippen LogP contribution is 2.38. The van der Waals surface area contributed by atoms with Gasteiger partial charge in [0, 0.05) is 12.8 Å². The van der Waals surface area contributed by atoms with Gasteiger partial charge in [0.05, 0.1) is 33.8 Å². The van der Waals surface area contributed by atoms with Crippen molar-refractivity contribution < 1.29 is 37.3 Å². The van der Waals surface area contributed by atoms with Gasteiger partial charge in [0.1, 0.15) is 19.3 Å². The first-order chi connectivity index (χ1) is 39.9. The van der Waals surface area contributed by atoms with Crippen molar-refractivity contribution in [3.8, 4) is 0 Å². The third-order valence-corrected chi connectivity index (χ3v) is 15.9. The average Bonchev–Trinajstić information content (AvgIpc) is 3.44. The summed E-state index contributed by atoms with van der Waals surface area (Å²) < 4.78 is 30.3. The molecular formula is C72H129N2O7P. The van der Waals surface area contributed by atoms with Gasteiger partial charge in [-0.2, -0.15) is 0 Å². The molecule has 474 valence electrons. The number of unbranched alkanes of at least 4 members (excludes halogenated alkanes) is 36. The molecule has 0 heterocycles. The Hall–Kier alpha value is -3.07. The van der Waals surface area contributed by atoms with Crippen molar-refractivity contribution in [1.82, 2.24) is 5.32 Å². The molecule has 10 heteroatoms. The third kappa shape index (κ3) is 61.5. The highest BCUT2D eigenvalue weighted by molar-refractivity contribution is 7.45. The standard InChI is InChI=1S/C72H129N2O7P/c1-7-10-13-16-19-22-25-28-30-32-33-34-35-36-37-38-39-40-41-43-45-47-50-53-56-59-62-65-72(76)81-70(63-60-57-54-51-48-27-24-21-18-15-12-9-3)69(68-80-82(77,78)79-67-66-74(4,5)6)73-71(75)64-61-58-55-52-49-46-44-42-31-29-26-23-20-17-14-11-8-2/h11,14,17,20,23,26,28-31,42,44,46,49,60,63,69-70H,7-10,12-13,15-16,18-19,21-22,24-25,27,32-41,43,45,47-48,50-59,61-62,64-68H2,1-6H3,(H-,73,75,77,78)/b14-11-,20-17+,26-23+,30-28+,31-29-,44-42+,49-46+,63-60-. The molecular weight excluding hydrogens is 1040 g/mol. The molecule has 9 nitrogen and oxygen atoms in total. The first-order valence-electron chi connectivity index (χ1n) is 34.1. The van der Waals surface area contributed by atoms with Gasteiger partial charge in [0.2, 0.25) is 5.91 Å². The van der Waals surface area contributed by atoms with Crippen LogP contribution < -0.4 is 10.2 Å². The minimum atomic E-state index is -4.72. The molecule has 0 saturated heterocycles. The number of nitrogens with zero attached hydrogens (tertiary/aromatic N) is 1. The second-order valence-corrected chi connectivity index (χ2v) is 25.5. The molecule has 0 fully saturated rings. The maximum atomic E-state index is 13.5. The van der Waals surface area contributed by atoms with E-state index in [9.17, 15) is 19.0 Å². The topological polar surface area (TPSA) is 114 Å². The molecule has 0 aliphatic carbocycles. The lowest BCUT2D eigenvalue weighted by Crippen LogP contribution is -2.47. The van der Waals surface area contributed by atoms with Gasteiger partial charge >= 0.3 is 5.97 Å². The number of likely N-dealkylation sites (N-methyl/N-ethyl adjacent to an activating group) is 1. The zero-order valence-corrected chi connectivity index (χ0v) is 55.1. The summed E-state index contributed by atoms with van der Waals surface area (Å²) in [5, 5.41) is 3.01. The van der Waals surface area contributed by atoms with E-state index in [4.69, 9.17) is 13.8 Å². The number of carbonyl (C=O) groups is 2. The van der Waals surface area contributed by atoms with Gasteiger partial charge in [-0.05, 0) is 76.7 Å². The second-order valence-electron chi connectivity index (χ2n) is 24.1. The second kappa shape index (κ2) is 61.0. The first-order valence-corrected chi connectivity index (χ1v) is 35.6. The summed E-state index contributed by atoms with van der Waals surface area (Å²) in [4.78, 5) is 40.1. The molecule has 1 N–H and O–H groups in total. The molecule has 3 unspecified atom stereocenters. The predicted molar refractivity (Wildman–Crippen MR) is 353 cm³/mol. The quantitative estimate of drug-likeness (QED) is 0.0161. The largest absolute Gasteiger partial charge is 0.756 e. The molecule has 3 atom stereocenters. The Kier molecular flexibility index (Phi) is 58.7. The number of ether oxygens (including phenoxy) is 1. The number of hydrogen-bond acceptors (Lipinski definition) is 7. The first kappa shape index (κ1) is 78.9. The summed E-state index contributed by atoms with van der Waals surface area (Å²) in [6.45, 7) is 6.67. The Bertz CT molecular complexity index is 1720. The van der Waals surface area contributed by atoms with E-state index in [-0.39, 0.29) is 31.3 Å². The lowest BCUT2D eigenvalue weighted by molar-refractivity contribution is -0.870. The number of amides is 1. The summed E-state index contributed by atoms with van der Waals surface area (Å²) in [5.74, 6) is -0.588. The lowest BCUT2D eigenvalue weighted by atomic mass is 10.0. The molecule has 0 spiro atoms. The van der Waals surface area contributed by atoms with Crippen molar-refractivity contribution in [1.29, 1.82) is 0 Å². The van der Waals surface area contributed by atoms with Gasteiger partial charge < -0.3 is 28.5 Å². The minimum Gasteiger partial charge on any atom is -0.756 e. The average molecular weight is 1170 g/mol. The SMILES string of the molecule is CC\C=C/C=C/C=C/C=C\C=C\C=C\CCCCCC(=O)NC(COP(=O)([O-])OCC[N+](C)(C)C)C(/C=C\CCCCCCCCCCCC)OC(=O)CCCCCCCCCCCCCCCCCCC/C=C/CCCCCCCC. The monoisotopic (exact) mass is 1160 g/mol. The number of quaternary nitrogens is 1. The lowest BCUT2D eigenvalue weighted by Gasteiger charge is -2.30. The maximum Gasteiger partial charge on any atom is 0.306 e. The molecule has 0 aromatic heterocycles. The number of carbonyl (C=O) groups excluding carboxylic acids is 2. The Morgan fingerprint density at radius 3 is 1.22 bits per heavy atom. The van der Waals surface area contributed by atoms with Crippen molar-refractivity contribution in [2.75, 3.05) is 40.9 Å². The van der Waals surface area contributed by atoms with Crippen LogP contribution in [-0.4, -0.2) is 69.4 Å². The Morgan fingerprint density at radius 2 is 0.793 bits per heavy atom. The number of nitrogens with one attached hydrogen (secondary N) is 1. The van der Waals surface area contributed by atoms with Crippen LogP contribution in [0.25, 0.3) is 0 Å². The van der Waals surface area contributed by atoms with Gasteiger partial charge in [0.25, 0.3) is 7.82 Å². The van der Waals surface area contributed by atoms with E-state index in [1.807, 2.05) is 94.1 Å². The van der Waals surface area contributed by atoms with E-state index in [0.29, 0.717) is 17.4 Å². The van der Waals surface area contributed by atoms with E-state index in [0.717, 1.165) is 64.2 Å². The van der Waals surface area contributed by atoms with E-state index in [2.05, 4.69) is 50.4 Å². The molecule has 0 bridgehead atoms. The van der Waals surface area contributed by atoms with Gasteiger partial charge in [-0.1, -0.05) is 305 Å². The Labute approximate surface area is 507 Å². The van der Waals surface area contributed by atoms with Crippen LogP contribution in [0.4, 0.5) is 0 Å². The summed E-state index contributed by atoms with van der Waals surface area (Å²) in [7, 11) is 1.15. The molecule has 0 aliphatic heterocycles. The summed E-state index contributed by atoms with van der Waals surface area (Å²) in [6, 6.07) is -0.916. The fraction of sp³-hybridized carbons (Fsp3) is 0.750. The molecule has 0 rings (SSSR count). The van der Waals surface area contributed by atoms with Crippen molar-refractivity contribution in [2.45, 2.75) is 309 Å². The minimum absolute atomic E-state index is 0.0350. The smallest absolute Gasteiger partial charge is 0.306 e. The predicted octanol–water partition coefficient (Wildman–Crippen LogP) is 20.9. The maximum absolute atomic E-state index is 13.5. The molecule has 0 aromatic carbocycles. The van der Waals surface area contributed by atoms with Gasteiger partial charge in [0.15, 0.2) is 0 Å². The number of hydrogen-bond donors (Lipinski definition) is 1. The van der Waals surface area contributed by atoms with Crippen LogP contribution in [0.15, 0.2) is 97.2 Å². The number of esters is 1. The molecule has 0 aromatic rings. The fourth-order valence-electron chi connectivity index (χ4n) is 9.67. The van der Waals surface area contributed by atoms with Crippen LogP contribution in [0, 0.1) is 0 Å². The molecule has 0 aliphatic rings. The number of rotatable bonds is 61. The highest BCUT2D eigenvalue weighted by atomic mass is 31.2. The molecule has 1 amide bonds. The summed E-state index contributed by atoms with van der Waals surface area (Å²) in [5.41, 5.74) is 0. The molecule has 0 saturated carbocycles. The van der Waals surface area contributed by atoms with E-state index >= 15 is 0 Å². The number of phosphoric acid groups is 1. The highest BCUT2D eigenvalue weighted by Gasteiger charge is 2.27. The van der Waals surface area contributed by atoms with Gasteiger partial charge in [-0.15, -0.1) is 0 Å². The third-order valence-electron chi connectivity index (χ3n) is 14.9. The van der Waals surface area contributed by atoms with Crippen LogP contribution in [0.1, 0.15) is 297 Å². The van der Waals surface area contributed by atoms with Crippen LogP contribution >= 0.6 is 7.82 Å². The van der Waals surface area contributed by atoms with Crippen LogP contribution in [0.2, 0.25) is 0 Å². The van der Waals surface area contributed by atoms with E-state index < -0.39 is 26.6 Å². The van der Waals surface area contributed by atoms with Crippen molar-refractivity contribution in [2.24, 2.45) is 0 Å². The van der Waals surface area contributed by atoms with Crippen molar-refractivity contribution in [3.63, 3.8) is 0 Å². The summed E-state index contributed by atoms with van der Waals surface area (Å²) in [6.07, 6.45) is 82.6. The zero-order chi connectivity index (χ0) is 60.0. The Morgan fingerprint density at radius 1 is 0.439 bits per heavy atom. The summed E-state index contributed by atoms with van der Waals surface area (Å²) >= 11 is 0. The van der Waals surface area contributed by atoms with Crippen molar-refractivity contribution in [3.05, 3.63) is 97.2 Å². The Balaban J connectivity index is 5.09. The van der Waals surface area contributed by atoms with Gasteiger partial charge in [-0.3, -0.25) is 14.2 Å². The van der Waals surface area contributed by atoms with Crippen molar-refractivity contribution >= 4 is 19.7 Å². The fourth-order valence-corrected chi connectivity index (χ4v) is 10.4. The number of phosphoric ester groups is 1. The van der Waals surface area contributed by atoms with E-state index in [1.54, 1.807) is 0 Å². The molecule has 0 radical (unpaired) electrons. The zero-order valence-electron chi connectivity index (χ0n) is 54.2. The van der Waals surface area contributed by atoms with Crippen LogP contribution in [0.5, 0.6) is 0 Å². The molecule has 82 heavy (non-hydrogen) atoms. The normalized spacial score (nSPS) is 14.2. The van der Waals surface area contributed by atoms with E-state index in [1.165, 1.54) is 193 Å². The van der Waals surface area contributed by atoms with Gasteiger partial charge in [-0.25, -0.2) is 0 Å². The van der Waals surface area contributed by atoms with Crippen LogP contribution in [0.3, 0.4) is 0 Å². The number of allylic oxidation sites excluding steroid dienone is 15.